The molecule has 3 rings (SSSR count). The average molecular weight is 257 g/mol. The van der Waals surface area contributed by atoms with Gasteiger partial charge in [0.25, 0.3) is 0 Å². The summed E-state index contributed by atoms with van der Waals surface area (Å²) in [6, 6.07) is 12.0. The second-order valence-electron chi connectivity index (χ2n) is 5.23. The lowest BCUT2D eigenvalue weighted by Crippen LogP contribution is -2.40. The Labute approximate surface area is 113 Å². The lowest BCUT2D eigenvalue weighted by Gasteiger charge is -2.34. The van der Waals surface area contributed by atoms with Gasteiger partial charge in [-0.1, -0.05) is 24.3 Å². The van der Waals surface area contributed by atoms with E-state index in [4.69, 9.17) is 4.42 Å². The van der Waals surface area contributed by atoms with Crippen molar-refractivity contribution >= 4 is 0 Å². The minimum atomic E-state index is -0.749. The fourth-order valence-electron chi connectivity index (χ4n) is 2.89. The van der Waals surface area contributed by atoms with Crippen LogP contribution in [-0.4, -0.2) is 11.7 Å². The summed E-state index contributed by atoms with van der Waals surface area (Å²) in [4.78, 5) is 0. The predicted octanol–water partition coefficient (Wildman–Crippen LogP) is 2.59. The van der Waals surface area contributed by atoms with Crippen molar-refractivity contribution in [1.82, 2.24) is 5.32 Å². The van der Waals surface area contributed by atoms with Gasteiger partial charge in [-0.2, -0.15) is 0 Å². The van der Waals surface area contributed by atoms with E-state index in [-0.39, 0.29) is 0 Å². The summed E-state index contributed by atoms with van der Waals surface area (Å²) in [5, 5.41) is 14.2. The molecule has 19 heavy (non-hydrogen) atoms. The summed E-state index contributed by atoms with van der Waals surface area (Å²) >= 11 is 0. The summed E-state index contributed by atoms with van der Waals surface area (Å²) in [6.07, 6.45) is 4.59. The molecule has 0 fully saturated rings. The molecule has 0 bridgehead atoms. The van der Waals surface area contributed by atoms with Crippen LogP contribution in [0.2, 0.25) is 0 Å². The highest BCUT2D eigenvalue weighted by atomic mass is 16.3. The molecule has 2 aromatic rings. The molecular formula is C16H19NO2. The first-order valence-electron chi connectivity index (χ1n) is 6.82. The van der Waals surface area contributed by atoms with E-state index >= 15 is 0 Å². The summed E-state index contributed by atoms with van der Waals surface area (Å²) in [5.74, 6) is 0.896. The number of furan rings is 1. The summed E-state index contributed by atoms with van der Waals surface area (Å²) in [6.45, 7) is 1.21. The molecule has 0 aliphatic heterocycles. The van der Waals surface area contributed by atoms with Crippen LogP contribution in [0.25, 0.3) is 0 Å². The zero-order valence-electron chi connectivity index (χ0n) is 10.9. The Morgan fingerprint density at radius 2 is 2.11 bits per heavy atom. The third-order valence-corrected chi connectivity index (χ3v) is 3.85. The SMILES string of the molecule is OC1(CNCc2ccco2)CCCc2ccccc21. The van der Waals surface area contributed by atoms with Gasteiger partial charge in [-0.05, 0) is 42.5 Å². The molecule has 2 N–H and O–H groups in total. The fraction of sp³-hybridized carbons (Fsp3) is 0.375. The summed E-state index contributed by atoms with van der Waals surface area (Å²) < 4.78 is 5.28. The van der Waals surface area contributed by atoms with Crippen LogP contribution in [0, 0.1) is 0 Å². The third-order valence-electron chi connectivity index (χ3n) is 3.85. The Bertz CT molecular complexity index is 535. The van der Waals surface area contributed by atoms with Crippen LogP contribution in [0.1, 0.15) is 29.7 Å². The molecule has 3 heteroatoms. The Morgan fingerprint density at radius 1 is 1.21 bits per heavy atom. The smallest absolute Gasteiger partial charge is 0.117 e. The second-order valence-corrected chi connectivity index (χ2v) is 5.23. The lowest BCUT2D eigenvalue weighted by molar-refractivity contribution is 0.0186. The Kier molecular flexibility index (Phi) is 3.40. The van der Waals surface area contributed by atoms with Crippen LogP contribution in [-0.2, 0) is 18.6 Å². The molecule has 0 spiro atoms. The molecule has 1 heterocycles. The van der Waals surface area contributed by atoms with Gasteiger partial charge in [0.05, 0.1) is 12.8 Å². The molecule has 1 unspecified atom stereocenters. The van der Waals surface area contributed by atoms with Gasteiger partial charge in [0.15, 0.2) is 0 Å². The van der Waals surface area contributed by atoms with E-state index in [0.717, 1.165) is 30.6 Å². The van der Waals surface area contributed by atoms with Crippen molar-refractivity contribution in [2.75, 3.05) is 6.54 Å². The number of aliphatic hydroxyl groups is 1. The molecule has 0 amide bonds. The molecule has 1 aliphatic rings. The van der Waals surface area contributed by atoms with Gasteiger partial charge in [-0.3, -0.25) is 0 Å². The first-order chi connectivity index (χ1) is 9.28. The van der Waals surface area contributed by atoms with E-state index in [0.29, 0.717) is 13.1 Å². The zero-order chi connectivity index (χ0) is 13.1. The maximum atomic E-state index is 10.9. The molecule has 0 saturated carbocycles. The van der Waals surface area contributed by atoms with E-state index in [1.54, 1.807) is 6.26 Å². The number of aryl methyl sites for hydroxylation is 1. The molecule has 1 aromatic heterocycles. The van der Waals surface area contributed by atoms with Gasteiger partial charge in [0.2, 0.25) is 0 Å². The first-order valence-corrected chi connectivity index (χ1v) is 6.82. The van der Waals surface area contributed by atoms with E-state index in [9.17, 15) is 5.11 Å². The molecular weight excluding hydrogens is 238 g/mol. The van der Waals surface area contributed by atoms with Crippen molar-refractivity contribution in [3.05, 3.63) is 59.5 Å². The molecule has 100 valence electrons. The number of fused-ring (bicyclic) bond motifs is 1. The second kappa shape index (κ2) is 5.19. The molecule has 3 nitrogen and oxygen atoms in total. The molecule has 0 saturated heterocycles. The fourth-order valence-corrected chi connectivity index (χ4v) is 2.89. The van der Waals surface area contributed by atoms with Crippen LogP contribution in [0.15, 0.2) is 47.1 Å². The summed E-state index contributed by atoms with van der Waals surface area (Å²) in [5.41, 5.74) is 1.60. The maximum Gasteiger partial charge on any atom is 0.117 e. The Balaban J connectivity index is 1.70. The largest absolute Gasteiger partial charge is 0.468 e. The van der Waals surface area contributed by atoms with Crippen LogP contribution in [0.3, 0.4) is 0 Å². The van der Waals surface area contributed by atoms with E-state index < -0.39 is 5.60 Å². The van der Waals surface area contributed by atoms with Gasteiger partial charge in [0.1, 0.15) is 11.4 Å². The number of nitrogens with one attached hydrogen (secondary N) is 1. The van der Waals surface area contributed by atoms with Crippen molar-refractivity contribution in [2.45, 2.75) is 31.4 Å². The van der Waals surface area contributed by atoms with Crippen molar-refractivity contribution in [3.63, 3.8) is 0 Å². The molecule has 1 aliphatic carbocycles. The Hall–Kier alpha value is -1.58. The number of rotatable bonds is 4. The van der Waals surface area contributed by atoms with E-state index in [1.165, 1.54) is 5.56 Å². The zero-order valence-corrected chi connectivity index (χ0v) is 10.9. The van der Waals surface area contributed by atoms with E-state index in [1.807, 2.05) is 30.3 Å². The normalized spacial score (nSPS) is 22.2. The van der Waals surface area contributed by atoms with Crippen LogP contribution in [0.4, 0.5) is 0 Å². The average Bonchev–Trinajstić information content (AvgIpc) is 2.93. The van der Waals surface area contributed by atoms with Gasteiger partial charge in [0, 0.05) is 6.54 Å². The highest BCUT2D eigenvalue weighted by molar-refractivity contribution is 5.35. The topological polar surface area (TPSA) is 45.4 Å². The van der Waals surface area contributed by atoms with Crippen molar-refractivity contribution in [3.8, 4) is 0 Å². The highest BCUT2D eigenvalue weighted by Gasteiger charge is 2.33. The third kappa shape index (κ3) is 2.57. The first kappa shape index (κ1) is 12.5. The van der Waals surface area contributed by atoms with Gasteiger partial charge < -0.3 is 14.8 Å². The van der Waals surface area contributed by atoms with Crippen molar-refractivity contribution in [1.29, 1.82) is 0 Å². The minimum absolute atomic E-state index is 0.560. The minimum Gasteiger partial charge on any atom is -0.468 e. The number of hydrogen-bond donors (Lipinski definition) is 2. The molecule has 1 aromatic carbocycles. The van der Waals surface area contributed by atoms with Gasteiger partial charge >= 0.3 is 0 Å². The molecule has 0 radical (unpaired) electrons. The van der Waals surface area contributed by atoms with Crippen LogP contribution >= 0.6 is 0 Å². The maximum absolute atomic E-state index is 10.9. The van der Waals surface area contributed by atoms with E-state index in [2.05, 4.69) is 11.4 Å². The Morgan fingerprint density at radius 3 is 2.95 bits per heavy atom. The monoisotopic (exact) mass is 257 g/mol. The molecule has 1 atom stereocenters. The van der Waals surface area contributed by atoms with Crippen LogP contribution in [0.5, 0.6) is 0 Å². The van der Waals surface area contributed by atoms with Crippen molar-refractivity contribution < 1.29 is 9.52 Å². The summed E-state index contributed by atoms with van der Waals surface area (Å²) in [7, 11) is 0. The standard InChI is InChI=1S/C16H19NO2/c18-16(12-17-11-14-7-4-10-19-14)9-3-6-13-5-1-2-8-15(13)16/h1-2,4-5,7-8,10,17-18H,3,6,9,11-12H2. The number of hydrogen-bond acceptors (Lipinski definition) is 3. The van der Waals surface area contributed by atoms with Crippen LogP contribution < -0.4 is 5.32 Å². The highest BCUT2D eigenvalue weighted by Crippen LogP contribution is 2.34. The quantitative estimate of drug-likeness (QED) is 0.885. The van der Waals surface area contributed by atoms with Gasteiger partial charge in [-0.25, -0.2) is 0 Å². The van der Waals surface area contributed by atoms with Gasteiger partial charge in [-0.15, -0.1) is 0 Å². The predicted molar refractivity (Wildman–Crippen MR) is 73.7 cm³/mol. The number of benzene rings is 1. The van der Waals surface area contributed by atoms with Crippen molar-refractivity contribution in [2.24, 2.45) is 0 Å². The lowest BCUT2D eigenvalue weighted by atomic mass is 9.79.